The van der Waals surface area contributed by atoms with Gasteiger partial charge in [-0.3, -0.25) is 4.79 Å². The molecule has 5 heteroatoms. The van der Waals surface area contributed by atoms with E-state index >= 15 is 0 Å². The fourth-order valence-electron chi connectivity index (χ4n) is 2.12. The molecule has 0 heterocycles. The molecule has 5 nitrogen and oxygen atoms in total. The maximum absolute atomic E-state index is 12.2. The molecular formula is C16H24N2O3. The Morgan fingerprint density at radius 1 is 1.19 bits per heavy atom. The van der Waals surface area contributed by atoms with Gasteiger partial charge in [0.15, 0.2) is 0 Å². The lowest BCUT2D eigenvalue weighted by Crippen LogP contribution is -2.45. The Balaban J connectivity index is 2.71. The monoisotopic (exact) mass is 292 g/mol. The van der Waals surface area contributed by atoms with E-state index in [1.807, 2.05) is 44.2 Å². The minimum absolute atomic E-state index is 0.185. The summed E-state index contributed by atoms with van der Waals surface area (Å²) in [4.78, 5) is 23.4. The number of nitrogens with one attached hydrogen (secondary N) is 1. The molecule has 0 saturated carbocycles. The fraction of sp³-hybridized carbons (Fsp3) is 0.500. The smallest absolute Gasteiger partial charge is 0.326 e. The largest absolute Gasteiger partial charge is 0.480 e. The van der Waals surface area contributed by atoms with Gasteiger partial charge in [-0.1, -0.05) is 51.1 Å². The molecule has 1 aromatic rings. The van der Waals surface area contributed by atoms with Crippen molar-refractivity contribution < 1.29 is 14.7 Å². The Morgan fingerprint density at radius 3 is 2.24 bits per heavy atom. The first-order chi connectivity index (χ1) is 9.82. The van der Waals surface area contributed by atoms with Crippen molar-refractivity contribution in [3.05, 3.63) is 35.9 Å². The third kappa shape index (κ3) is 5.19. The van der Waals surface area contributed by atoms with Crippen LogP contribution in [0.2, 0.25) is 0 Å². The van der Waals surface area contributed by atoms with Crippen molar-refractivity contribution in [3.63, 3.8) is 0 Å². The second-order valence-corrected chi connectivity index (χ2v) is 5.75. The zero-order chi connectivity index (χ0) is 16.0. The number of carboxylic acid groups (broad SMARTS) is 1. The lowest BCUT2D eigenvalue weighted by Gasteiger charge is -2.23. The van der Waals surface area contributed by atoms with Crippen LogP contribution in [0.1, 0.15) is 38.8 Å². The van der Waals surface area contributed by atoms with E-state index in [0.29, 0.717) is 6.42 Å². The van der Waals surface area contributed by atoms with Gasteiger partial charge in [-0.25, -0.2) is 4.79 Å². The van der Waals surface area contributed by atoms with E-state index in [4.69, 9.17) is 10.8 Å². The Bertz CT molecular complexity index is 474. The molecule has 0 spiro atoms. The molecule has 4 N–H and O–H groups in total. The predicted octanol–water partition coefficient (Wildman–Crippen LogP) is 1.94. The summed E-state index contributed by atoms with van der Waals surface area (Å²) < 4.78 is 0. The average molecular weight is 292 g/mol. The van der Waals surface area contributed by atoms with E-state index in [9.17, 15) is 9.59 Å². The molecule has 0 radical (unpaired) electrons. The van der Waals surface area contributed by atoms with Crippen LogP contribution in [-0.4, -0.2) is 23.0 Å². The number of carbonyl (C=O) groups excluding carboxylic acids is 1. The van der Waals surface area contributed by atoms with E-state index in [-0.39, 0.29) is 11.8 Å². The van der Waals surface area contributed by atoms with Crippen LogP contribution in [0, 0.1) is 11.8 Å². The van der Waals surface area contributed by atoms with Gasteiger partial charge in [0, 0.05) is 6.04 Å². The SMILES string of the molecule is CC(C)C[C@@H](NC(=O)C(C)C(N)c1ccccc1)C(=O)O. The third-order valence-corrected chi connectivity index (χ3v) is 3.46. The minimum Gasteiger partial charge on any atom is -0.480 e. The molecule has 1 aromatic carbocycles. The average Bonchev–Trinajstić information content (AvgIpc) is 2.45. The maximum Gasteiger partial charge on any atom is 0.326 e. The molecule has 21 heavy (non-hydrogen) atoms. The zero-order valence-electron chi connectivity index (χ0n) is 12.7. The number of rotatable bonds is 7. The first-order valence-electron chi connectivity index (χ1n) is 7.16. The van der Waals surface area contributed by atoms with Crippen LogP contribution in [0.5, 0.6) is 0 Å². The number of carboxylic acids is 1. The quantitative estimate of drug-likeness (QED) is 0.716. The van der Waals surface area contributed by atoms with Crippen molar-refractivity contribution in [2.45, 2.75) is 39.3 Å². The number of benzene rings is 1. The molecule has 3 atom stereocenters. The van der Waals surface area contributed by atoms with Gasteiger partial charge in [0.05, 0.1) is 5.92 Å². The number of carbonyl (C=O) groups is 2. The molecule has 116 valence electrons. The molecule has 0 bridgehead atoms. The van der Waals surface area contributed by atoms with Gasteiger partial charge < -0.3 is 16.2 Å². The lowest BCUT2D eigenvalue weighted by molar-refractivity contribution is -0.143. The molecular weight excluding hydrogens is 268 g/mol. The fourth-order valence-corrected chi connectivity index (χ4v) is 2.12. The summed E-state index contributed by atoms with van der Waals surface area (Å²) in [5.74, 6) is -1.66. The van der Waals surface area contributed by atoms with Crippen LogP contribution in [0.3, 0.4) is 0 Å². The number of aliphatic carboxylic acids is 1. The molecule has 0 aliphatic carbocycles. The summed E-state index contributed by atoms with van der Waals surface area (Å²) in [6.45, 7) is 5.55. The molecule has 1 rings (SSSR count). The van der Waals surface area contributed by atoms with Crippen molar-refractivity contribution in [1.29, 1.82) is 0 Å². The molecule has 1 amide bonds. The number of hydrogen-bond donors (Lipinski definition) is 3. The normalized spacial score (nSPS) is 15.3. The molecule has 0 fully saturated rings. The topological polar surface area (TPSA) is 92.4 Å². The van der Waals surface area contributed by atoms with Crippen LogP contribution in [0.15, 0.2) is 30.3 Å². The second kappa shape index (κ2) is 7.78. The first-order valence-corrected chi connectivity index (χ1v) is 7.16. The number of nitrogens with two attached hydrogens (primary N) is 1. The van der Waals surface area contributed by atoms with Crippen molar-refractivity contribution in [2.75, 3.05) is 0 Å². The Kier molecular flexibility index (Phi) is 6.37. The highest BCUT2D eigenvalue weighted by Gasteiger charge is 2.27. The number of hydrogen-bond acceptors (Lipinski definition) is 3. The lowest BCUT2D eigenvalue weighted by atomic mass is 9.94. The first kappa shape index (κ1) is 17.2. The highest BCUT2D eigenvalue weighted by Crippen LogP contribution is 2.19. The Morgan fingerprint density at radius 2 is 1.76 bits per heavy atom. The predicted molar refractivity (Wildman–Crippen MR) is 81.6 cm³/mol. The highest BCUT2D eigenvalue weighted by molar-refractivity contribution is 5.85. The van der Waals surface area contributed by atoms with Gasteiger partial charge in [-0.2, -0.15) is 0 Å². The standard InChI is InChI=1S/C16H24N2O3/c1-10(2)9-13(16(20)21)18-15(19)11(3)14(17)12-7-5-4-6-8-12/h4-8,10-11,13-14H,9,17H2,1-3H3,(H,18,19)(H,20,21)/t11?,13-,14?/m1/s1. The molecule has 0 aliphatic rings. The van der Waals surface area contributed by atoms with Crippen molar-refractivity contribution >= 4 is 11.9 Å². The summed E-state index contributed by atoms with van der Waals surface area (Å²) >= 11 is 0. The molecule has 0 saturated heterocycles. The van der Waals surface area contributed by atoms with E-state index in [2.05, 4.69) is 5.32 Å². The Hall–Kier alpha value is -1.88. The van der Waals surface area contributed by atoms with E-state index < -0.39 is 24.0 Å². The van der Waals surface area contributed by atoms with E-state index in [0.717, 1.165) is 5.56 Å². The molecule has 0 aliphatic heterocycles. The van der Waals surface area contributed by atoms with Crippen LogP contribution >= 0.6 is 0 Å². The molecule has 0 aromatic heterocycles. The Labute approximate surface area is 125 Å². The van der Waals surface area contributed by atoms with Crippen molar-refractivity contribution in [1.82, 2.24) is 5.32 Å². The highest BCUT2D eigenvalue weighted by atomic mass is 16.4. The van der Waals surface area contributed by atoms with Gasteiger partial charge in [-0.15, -0.1) is 0 Å². The van der Waals surface area contributed by atoms with Crippen LogP contribution in [0.25, 0.3) is 0 Å². The summed E-state index contributed by atoms with van der Waals surface area (Å²) in [5.41, 5.74) is 6.94. The second-order valence-electron chi connectivity index (χ2n) is 5.75. The zero-order valence-corrected chi connectivity index (χ0v) is 12.7. The van der Waals surface area contributed by atoms with Crippen LogP contribution in [0.4, 0.5) is 0 Å². The summed E-state index contributed by atoms with van der Waals surface area (Å²) in [6, 6.07) is 7.98. The van der Waals surface area contributed by atoms with Gasteiger partial charge in [0.25, 0.3) is 0 Å². The van der Waals surface area contributed by atoms with Gasteiger partial charge in [0.2, 0.25) is 5.91 Å². The van der Waals surface area contributed by atoms with Crippen LogP contribution < -0.4 is 11.1 Å². The molecule has 2 unspecified atom stereocenters. The van der Waals surface area contributed by atoms with E-state index in [1.165, 1.54) is 0 Å². The van der Waals surface area contributed by atoms with Crippen molar-refractivity contribution in [2.24, 2.45) is 17.6 Å². The summed E-state index contributed by atoms with van der Waals surface area (Å²) in [6.07, 6.45) is 0.397. The van der Waals surface area contributed by atoms with Gasteiger partial charge in [-0.05, 0) is 17.9 Å². The minimum atomic E-state index is -1.02. The maximum atomic E-state index is 12.2. The van der Waals surface area contributed by atoms with Gasteiger partial charge in [0.1, 0.15) is 6.04 Å². The summed E-state index contributed by atoms with van der Waals surface area (Å²) in [5, 5.41) is 11.7. The van der Waals surface area contributed by atoms with Crippen LogP contribution in [-0.2, 0) is 9.59 Å². The van der Waals surface area contributed by atoms with E-state index in [1.54, 1.807) is 6.92 Å². The number of amides is 1. The van der Waals surface area contributed by atoms with Gasteiger partial charge >= 0.3 is 5.97 Å². The summed E-state index contributed by atoms with van der Waals surface area (Å²) in [7, 11) is 0. The van der Waals surface area contributed by atoms with Crippen molar-refractivity contribution in [3.8, 4) is 0 Å². The third-order valence-electron chi connectivity index (χ3n) is 3.46.